The van der Waals surface area contributed by atoms with E-state index in [0.717, 1.165) is 5.39 Å². The van der Waals surface area contributed by atoms with Crippen LogP contribution in [-0.2, 0) is 10.1 Å². The molecule has 0 unspecified atom stereocenters. The van der Waals surface area contributed by atoms with Crippen molar-refractivity contribution in [1.29, 1.82) is 0 Å². The highest BCUT2D eigenvalue weighted by molar-refractivity contribution is 7.86. The highest BCUT2D eigenvalue weighted by atomic mass is 32.2. The summed E-state index contributed by atoms with van der Waals surface area (Å²) in [6, 6.07) is 11.8. The van der Waals surface area contributed by atoms with Crippen molar-refractivity contribution < 1.29 is 13.0 Å². The summed E-state index contributed by atoms with van der Waals surface area (Å²) in [5, 5.41) is 1.33. The lowest BCUT2D eigenvalue weighted by Gasteiger charge is -2.02. The molecule has 0 aromatic heterocycles. The average molecular weight is 250 g/mol. The first-order valence-electron chi connectivity index (χ1n) is 5.03. The minimum absolute atomic E-state index is 0.0457. The van der Waals surface area contributed by atoms with E-state index in [2.05, 4.69) is 6.58 Å². The molecule has 0 saturated carbocycles. The highest BCUT2D eigenvalue weighted by Crippen LogP contribution is 2.21. The van der Waals surface area contributed by atoms with Crippen molar-refractivity contribution in [2.45, 2.75) is 11.8 Å². The molecule has 0 heterocycles. The summed E-state index contributed by atoms with van der Waals surface area (Å²) in [6.45, 7) is 5.25. The van der Waals surface area contributed by atoms with E-state index in [9.17, 15) is 8.42 Å². The summed E-state index contributed by atoms with van der Waals surface area (Å²) in [5.74, 6) is 0. The second kappa shape index (κ2) is 5.61. The minimum atomic E-state index is -4.13. The van der Waals surface area contributed by atoms with Gasteiger partial charge in [0, 0.05) is 5.39 Å². The van der Waals surface area contributed by atoms with Crippen LogP contribution in [0.4, 0.5) is 0 Å². The van der Waals surface area contributed by atoms with Gasteiger partial charge in [0.15, 0.2) is 0 Å². The monoisotopic (exact) mass is 250 g/mol. The summed E-state index contributed by atoms with van der Waals surface area (Å²) in [7, 11) is -4.13. The Morgan fingerprint density at radius 2 is 1.65 bits per heavy atom. The van der Waals surface area contributed by atoms with Crippen molar-refractivity contribution in [1.82, 2.24) is 0 Å². The van der Waals surface area contributed by atoms with Crippen molar-refractivity contribution >= 4 is 20.9 Å². The first-order valence-corrected chi connectivity index (χ1v) is 6.47. The Labute approximate surface area is 101 Å². The summed E-state index contributed by atoms with van der Waals surface area (Å²) in [6.07, 6.45) is 1.75. The van der Waals surface area contributed by atoms with Crippen LogP contribution in [0, 0.1) is 0 Å². The normalized spacial score (nSPS) is 10.5. The van der Waals surface area contributed by atoms with E-state index in [1.165, 1.54) is 6.07 Å². The largest absolute Gasteiger partial charge is 0.295 e. The molecule has 17 heavy (non-hydrogen) atoms. The lowest BCUT2D eigenvalue weighted by atomic mass is 10.1. The van der Waals surface area contributed by atoms with Crippen LogP contribution in [0.1, 0.15) is 6.92 Å². The highest BCUT2D eigenvalue weighted by Gasteiger charge is 2.12. The van der Waals surface area contributed by atoms with Crippen LogP contribution in [0.2, 0.25) is 0 Å². The van der Waals surface area contributed by atoms with E-state index in [1.54, 1.807) is 36.4 Å². The van der Waals surface area contributed by atoms with E-state index in [4.69, 9.17) is 4.55 Å². The molecule has 0 saturated heterocycles. The third kappa shape index (κ3) is 3.41. The number of hydrogen-bond donors (Lipinski definition) is 1. The quantitative estimate of drug-likeness (QED) is 0.624. The van der Waals surface area contributed by atoms with Gasteiger partial charge in [-0.05, 0) is 18.4 Å². The fraction of sp³-hybridized carbons (Fsp3) is 0.0769. The third-order valence-electron chi connectivity index (χ3n) is 2.03. The lowest BCUT2D eigenvalue weighted by molar-refractivity contribution is 0.484. The number of allylic oxidation sites excluding steroid dienone is 1. The second-order valence-electron chi connectivity index (χ2n) is 3.36. The van der Waals surface area contributed by atoms with Gasteiger partial charge >= 0.3 is 0 Å². The molecular weight excluding hydrogens is 236 g/mol. The van der Waals surface area contributed by atoms with Crippen LogP contribution in [0.5, 0.6) is 0 Å². The van der Waals surface area contributed by atoms with Gasteiger partial charge in [0.05, 0.1) is 0 Å². The topological polar surface area (TPSA) is 54.4 Å². The Kier molecular flexibility index (Phi) is 4.43. The zero-order valence-electron chi connectivity index (χ0n) is 9.50. The molecule has 0 aliphatic rings. The van der Waals surface area contributed by atoms with Crippen molar-refractivity contribution in [2.75, 3.05) is 0 Å². The van der Waals surface area contributed by atoms with Gasteiger partial charge in [0.2, 0.25) is 0 Å². The molecule has 90 valence electrons. The van der Waals surface area contributed by atoms with Crippen LogP contribution in [-0.4, -0.2) is 13.0 Å². The molecule has 0 bridgehead atoms. The molecule has 0 fully saturated rings. The van der Waals surface area contributed by atoms with Crippen molar-refractivity contribution in [3.8, 4) is 0 Å². The Hall–Kier alpha value is -1.65. The molecule has 4 heteroatoms. The van der Waals surface area contributed by atoms with Gasteiger partial charge in [-0.15, -0.1) is 6.58 Å². The van der Waals surface area contributed by atoms with Gasteiger partial charge in [0.1, 0.15) is 4.90 Å². The van der Waals surface area contributed by atoms with Crippen LogP contribution in [0.3, 0.4) is 0 Å². The van der Waals surface area contributed by atoms with E-state index in [-0.39, 0.29) is 4.90 Å². The van der Waals surface area contributed by atoms with Gasteiger partial charge in [-0.2, -0.15) is 8.42 Å². The van der Waals surface area contributed by atoms with Crippen molar-refractivity contribution in [3.05, 3.63) is 55.1 Å². The van der Waals surface area contributed by atoms with E-state index < -0.39 is 10.1 Å². The first kappa shape index (κ1) is 13.4. The number of fused-ring (bicyclic) bond motifs is 1. The summed E-state index contributed by atoms with van der Waals surface area (Å²) < 4.78 is 31.0. The van der Waals surface area contributed by atoms with Gasteiger partial charge < -0.3 is 0 Å². The Morgan fingerprint density at radius 3 is 2.24 bits per heavy atom. The number of hydrogen-bond acceptors (Lipinski definition) is 2. The predicted octanol–water partition coefficient (Wildman–Crippen LogP) is 3.28. The first-order chi connectivity index (χ1) is 8.00. The molecule has 0 radical (unpaired) electrons. The molecule has 1 N–H and O–H groups in total. The molecule has 0 aliphatic carbocycles. The van der Waals surface area contributed by atoms with Crippen molar-refractivity contribution in [2.24, 2.45) is 0 Å². The van der Waals surface area contributed by atoms with Gasteiger partial charge in [-0.1, -0.05) is 42.5 Å². The maximum absolute atomic E-state index is 11.0. The fourth-order valence-electron chi connectivity index (χ4n) is 1.42. The SMILES string of the molecule is C=CC.O=S(=O)(O)c1cccc2ccccc12. The van der Waals surface area contributed by atoms with Crippen LogP contribution in [0.15, 0.2) is 60.0 Å². The Bertz CT molecular complexity index is 610. The molecular formula is C13H14O3S. The minimum Gasteiger partial charge on any atom is -0.282 e. The Balaban J connectivity index is 0.000000437. The van der Waals surface area contributed by atoms with Crippen LogP contribution in [0.25, 0.3) is 10.8 Å². The molecule has 0 amide bonds. The predicted molar refractivity (Wildman–Crippen MR) is 69.6 cm³/mol. The maximum Gasteiger partial charge on any atom is 0.295 e. The molecule has 2 rings (SSSR count). The Morgan fingerprint density at radius 1 is 1.12 bits per heavy atom. The van der Waals surface area contributed by atoms with E-state index >= 15 is 0 Å². The molecule has 2 aromatic rings. The van der Waals surface area contributed by atoms with Crippen molar-refractivity contribution in [3.63, 3.8) is 0 Å². The standard InChI is InChI=1S/C10H8O3S.C3H6/c11-14(12,13)10-7-3-5-8-4-1-2-6-9(8)10;1-3-2/h1-7H,(H,11,12,13);3H,1H2,2H3. The van der Waals surface area contributed by atoms with Gasteiger partial charge in [0.25, 0.3) is 10.1 Å². The maximum atomic E-state index is 11.0. The molecule has 2 aromatic carbocycles. The summed E-state index contributed by atoms with van der Waals surface area (Å²) in [5.41, 5.74) is 0. The third-order valence-corrected chi connectivity index (χ3v) is 2.94. The lowest BCUT2D eigenvalue weighted by Crippen LogP contribution is -1.98. The second-order valence-corrected chi connectivity index (χ2v) is 4.75. The molecule has 0 atom stereocenters. The average Bonchev–Trinajstić information content (AvgIpc) is 2.28. The summed E-state index contributed by atoms with van der Waals surface area (Å²) >= 11 is 0. The number of benzene rings is 2. The molecule has 3 nitrogen and oxygen atoms in total. The zero-order valence-corrected chi connectivity index (χ0v) is 10.3. The summed E-state index contributed by atoms with van der Waals surface area (Å²) in [4.78, 5) is -0.0457. The van der Waals surface area contributed by atoms with E-state index in [1.807, 2.05) is 13.0 Å². The fourth-order valence-corrected chi connectivity index (χ4v) is 2.13. The van der Waals surface area contributed by atoms with Crippen LogP contribution >= 0.6 is 0 Å². The van der Waals surface area contributed by atoms with Gasteiger partial charge in [-0.25, -0.2) is 0 Å². The van der Waals surface area contributed by atoms with Crippen LogP contribution < -0.4 is 0 Å². The van der Waals surface area contributed by atoms with Gasteiger partial charge in [-0.3, -0.25) is 4.55 Å². The smallest absolute Gasteiger partial charge is 0.282 e. The van der Waals surface area contributed by atoms with E-state index in [0.29, 0.717) is 5.39 Å². The molecule has 0 spiro atoms. The number of rotatable bonds is 1. The molecule has 0 aliphatic heterocycles. The zero-order chi connectivity index (χ0) is 12.9.